The molecule has 23 heavy (non-hydrogen) atoms. The molecule has 0 spiro atoms. The molecule has 3 aromatic rings. The fraction of sp³-hybridized carbons (Fsp3) is 0.300. The molecule has 3 heteroatoms. The van der Waals surface area contributed by atoms with Gasteiger partial charge in [0.2, 0.25) is 0 Å². The number of aromatic amines is 1. The molecule has 1 fully saturated rings. The zero-order chi connectivity index (χ0) is 15.5. The zero-order valence-corrected chi connectivity index (χ0v) is 13.2. The van der Waals surface area contributed by atoms with Crippen LogP contribution < -0.4 is 10.1 Å². The monoisotopic (exact) mass is 306 g/mol. The van der Waals surface area contributed by atoms with Crippen LogP contribution in [0.1, 0.15) is 30.0 Å². The standard InChI is InChI=1S/C20H22N2O/c1-2-6-15(7-3-1)14-23-20-10-4-9-18-17(20)12-19(22-18)16-8-5-11-21-13-16/h1-4,6-7,9-10,12,16,21-22H,5,8,11,13-14H2. The van der Waals surface area contributed by atoms with Gasteiger partial charge in [0.15, 0.2) is 0 Å². The van der Waals surface area contributed by atoms with Gasteiger partial charge >= 0.3 is 0 Å². The lowest BCUT2D eigenvalue weighted by atomic mass is 9.96. The number of fused-ring (bicyclic) bond motifs is 1. The Morgan fingerprint density at radius 2 is 1.96 bits per heavy atom. The molecule has 2 heterocycles. The lowest BCUT2D eigenvalue weighted by Gasteiger charge is -2.21. The molecular weight excluding hydrogens is 284 g/mol. The summed E-state index contributed by atoms with van der Waals surface area (Å²) in [7, 11) is 0. The highest BCUT2D eigenvalue weighted by molar-refractivity contribution is 5.86. The fourth-order valence-electron chi connectivity index (χ4n) is 3.35. The van der Waals surface area contributed by atoms with Gasteiger partial charge in [0.1, 0.15) is 12.4 Å². The molecule has 1 saturated heterocycles. The van der Waals surface area contributed by atoms with Gasteiger partial charge in [-0.1, -0.05) is 36.4 Å². The molecule has 1 atom stereocenters. The summed E-state index contributed by atoms with van der Waals surface area (Å²) in [6, 6.07) is 18.8. The highest BCUT2D eigenvalue weighted by Crippen LogP contribution is 2.31. The molecule has 2 aromatic carbocycles. The summed E-state index contributed by atoms with van der Waals surface area (Å²) in [4.78, 5) is 3.58. The van der Waals surface area contributed by atoms with Gasteiger partial charge in [-0.3, -0.25) is 0 Å². The van der Waals surface area contributed by atoms with E-state index in [2.05, 4.69) is 46.7 Å². The molecule has 1 unspecified atom stereocenters. The minimum Gasteiger partial charge on any atom is -0.488 e. The molecule has 0 bridgehead atoms. The smallest absolute Gasteiger partial charge is 0.129 e. The number of piperidine rings is 1. The second kappa shape index (κ2) is 6.47. The van der Waals surface area contributed by atoms with Crippen LogP contribution >= 0.6 is 0 Å². The van der Waals surface area contributed by atoms with E-state index < -0.39 is 0 Å². The quantitative estimate of drug-likeness (QED) is 0.757. The Morgan fingerprint density at radius 3 is 2.78 bits per heavy atom. The van der Waals surface area contributed by atoms with E-state index in [1.54, 1.807) is 0 Å². The van der Waals surface area contributed by atoms with Crippen molar-refractivity contribution in [3.05, 3.63) is 65.9 Å². The first kappa shape index (κ1) is 14.3. The second-order valence-electron chi connectivity index (χ2n) is 6.26. The van der Waals surface area contributed by atoms with Crippen molar-refractivity contribution >= 4 is 10.9 Å². The minimum atomic E-state index is 0.582. The highest BCUT2D eigenvalue weighted by Gasteiger charge is 2.18. The van der Waals surface area contributed by atoms with Crippen molar-refractivity contribution in [3.8, 4) is 5.75 Å². The van der Waals surface area contributed by atoms with Crippen molar-refractivity contribution in [1.82, 2.24) is 10.3 Å². The lowest BCUT2D eigenvalue weighted by Crippen LogP contribution is -2.28. The third-order valence-corrected chi connectivity index (χ3v) is 4.62. The Kier molecular flexibility index (Phi) is 4.03. The van der Waals surface area contributed by atoms with Crippen LogP contribution in [0, 0.1) is 0 Å². The van der Waals surface area contributed by atoms with Crippen molar-refractivity contribution in [1.29, 1.82) is 0 Å². The SMILES string of the molecule is c1ccc(COc2cccc3[nH]c(C4CCCNC4)cc23)cc1. The summed E-state index contributed by atoms with van der Waals surface area (Å²) in [5.74, 6) is 1.54. The van der Waals surface area contributed by atoms with Gasteiger partial charge in [0.05, 0.1) is 0 Å². The number of H-pyrrole nitrogens is 1. The van der Waals surface area contributed by atoms with E-state index in [1.165, 1.54) is 29.5 Å². The molecule has 1 aromatic heterocycles. The van der Waals surface area contributed by atoms with Crippen LogP contribution in [0.3, 0.4) is 0 Å². The van der Waals surface area contributed by atoms with Gasteiger partial charge in [0, 0.05) is 29.1 Å². The molecule has 2 N–H and O–H groups in total. The van der Waals surface area contributed by atoms with Crippen LogP contribution in [0.25, 0.3) is 10.9 Å². The molecule has 0 aliphatic carbocycles. The van der Waals surface area contributed by atoms with Crippen LogP contribution in [0.5, 0.6) is 5.75 Å². The second-order valence-corrected chi connectivity index (χ2v) is 6.26. The molecule has 0 amide bonds. The first-order valence-electron chi connectivity index (χ1n) is 8.39. The molecular formula is C20H22N2O. The summed E-state index contributed by atoms with van der Waals surface area (Å²) in [5.41, 5.74) is 3.68. The van der Waals surface area contributed by atoms with Crippen LogP contribution in [-0.2, 0) is 6.61 Å². The molecule has 0 radical (unpaired) electrons. The Balaban J connectivity index is 1.58. The molecule has 118 valence electrons. The van der Waals surface area contributed by atoms with Gasteiger partial charge < -0.3 is 15.0 Å². The van der Waals surface area contributed by atoms with E-state index in [4.69, 9.17) is 4.74 Å². The van der Waals surface area contributed by atoms with E-state index in [-0.39, 0.29) is 0 Å². The number of ether oxygens (including phenoxy) is 1. The average molecular weight is 306 g/mol. The summed E-state index contributed by atoms with van der Waals surface area (Å²) >= 11 is 0. The van der Waals surface area contributed by atoms with Gasteiger partial charge in [-0.2, -0.15) is 0 Å². The van der Waals surface area contributed by atoms with Crippen LogP contribution in [0.4, 0.5) is 0 Å². The van der Waals surface area contributed by atoms with Crippen LogP contribution in [-0.4, -0.2) is 18.1 Å². The third-order valence-electron chi connectivity index (χ3n) is 4.62. The molecule has 1 aliphatic heterocycles. The van der Waals surface area contributed by atoms with Gasteiger partial charge in [0.25, 0.3) is 0 Å². The molecule has 1 aliphatic rings. The number of hydrogen-bond donors (Lipinski definition) is 2. The summed E-state index contributed by atoms with van der Waals surface area (Å²) in [6.45, 7) is 2.81. The van der Waals surface area contributed by atoms with Crippen molar-refractivity contribution in [3.63, 3.8) is 0 Å². The average Bonchev–Trinajstić information content (AvgIpc) is 3.06. The van der Waals surface area contributed by atoms with E-state index in [0.717, 1.165) is 24.4 Å². The van der Waals surface area contributed by atoms with E-state index in [1.807, 2.05) is 18.2 Å². The maximum atomic E-state index is 6.07. The number of benzene rings is 2. The number of rotatable bonds is 4. The third kappa shape index (κ3) is 3.10. The molecule has 0 saturated carbocycles. The zero-order valence-electron chi connectivity index (χ0n) is 13.2. The highest BCUT2D eigenvalue weighted by atomic mass is 16.5. The van der Waals surface area contributed by atoms with Crippen molar-refractivity contribution < 1.29 is 4.74 Å². The largest absolute Gasteiger partial charge is 0.488 e. The van der Waals surface area contributed by atoms with Gasteiger partial charge in [-0.15, -0.1) is 0 Å². The van der Waals surface area contributed by atoms with Crippen molar-refractivity contribution in [2.75, 3.05) is 13.1 Å². The summed E-state index contributed by atoms with van der Waals surface area (Å²) < 4.78 is 6.07. The Bertz CT molecular complexity index is 773. The fourth-order valence-corrected chi connectivity index (χ4v) is 3.35. The Hall–Kier alpha value is -2.26. The number of aromatic nitrogens is 1. The normalized spacial score (nSPS) is 18.2. The van der Waals surface area contributed by atoms with E-state index in [0.29, 0.717) is 12.5 Å². The predicted molar refractivity (Wildman–Crippen MR) is 93.9 cm³/mol. The lowest BCUT2D eigenvalue weighted by molar-refractivity contribution is 0.310. The summed E-state index contributed by atoms with van der Waals surface area (Å²) in [5, 5.41) is 4.67. The Morgan fingerprint density at radius 1 is 1.04 bits per heavy atom. The number of hydrogen-bond acceptors (Lipinski definition) is 2. The minimum absolute atomic E-state index is 0.582. The van der Waals surface area contributed by atoms with Gasteiger partial charge in [-0.25, -0.2) is 0 Å². The predicted octanol–water partition coefficient (Wildman–Crippen LogP) is 4.21. The maximum absolute atomic E-state index is 6.07. The Labute approximate surface area is 136 Å². The van der Waals surface area contributed by atoms with Crippen LogP contribution in [0.2, 0.25) is 0 Å². The first-order valence-corrected chi connectivity index (χ1v) is 8.39. The molecule has 4 rings (SSSR count). The number of nitrogens with one attached hydrogen (secondary N) is 2. The summed E-state index contributed by atoms with van der Waals surface area (Å²) in [6.07, 6.45) is 2.50. The van der Waals surface area contributed by atoms with Crippen molar-refractivity contribution in [2.24, 2.45) is 0 Å². The van der Waals surface area contributed by atoms with Crippen LogP contribution in [0.15, 0.2) is 54.6 Å². The van der Waals surface area contributed by atoms with E-state index >= 15 is 0 Å². The topological polar surface area (TPSA) is 37.0 Å². The molecule has 3 nitrogen and oxygen atoms in total. The van der Waals surface area contributed by atoms with E-state index in [9.17, 15) is 0 Å². The van der Waals surface area contributed by atoms with Crippen molar-refractivity contribution in [2.45, 2.75) is 25.4 Å². The van der Waals surface area contributed by atoms with Gasteiger partial charge in [-0.05, 0) is 43.1 Å². The maximum Gasteiger partial charge on any atom is 0.129 e. The first-order chi connectivity index (χ1) is 11.4.